The molecule has 0 aliphatic carbocycles. The summed E-state index contributed by atoms with van der Waals surface area (Å²) in [6.07, 6.45) is 0. The molecule has 1 rings (SSSR count). The van der Waals surface area contributed by atoms with Gasteiger partial charge in [-0.1, -0.05) is 11.6 Å². The van der Waals surface area contributed by atoms with Gasteiger partial charge in [0.25, 0.3) is 0 Å². The van der Waals surface area contributed by atoms with Gasteiger partial charge in [0.1, 0.15) is 0 Å². The molecule has 64 valence electrons. The first-order chi connectivity index (χ1) is 5.65. The Labute approximate surface area is 76.5 Å². The summed E-state index contributed by atoms with van der Waals surface area (Å²) in [6, 6.07) is 5.20. The van der Waals surface area contributed by atoms with Crippen LogP contribution in [0, 0.1) is 0 Å². The first-order valence-corrected chi connectivity index (χ1v) is 4.01. The Kier molecular flexibility index (Phi) is 2.71. The lowest BCUT2D eigenvalue weighted by Crippen LogP contribution is -1.99. The van der Waals surface area contributed by atoms with E-state index >= 15 is 0 Å². The molecule has 0 saturated heterocycles. The largest absolute Gasteiger partial charge is 0.388 e. The Morgan fingerprint density at radius 3 is 2.67 bits per heavy atom. The molecule has 0 aliphatic rings. The quantitative estimate of drug-likeness (QED) is 0.715. The molecule has 2 nitrogen and oxygen atoms in total. The van der Waals surface area contributed by atoms with E-state index in [-0.39, 0.29) is 5.78 Å². The predicted octanol–water partition coefficient (Wildman–Crippen LogP) is 2.58. The lowest BCUT2D eigenvalue weighted by atomic mass is 10.1. The van der Waals surface area contributed by atoms with Gasteiger partial charge in [-0.05, 0) is 25.1 Å². The Hall–Kier alpha value is -1.02. The highest BCUT2D eigenvalue weighted by atomic mass is 35.5. The number of anilines is 1. The standard InChI is InChI=1S/C9H10ClNO/c1-6(12)8-5-7(10)3-4-9(8)11-2/h3-5,11H,1-2H3. The second kappa shape index (κ2) is 3.59. The van der Waals surface area contributed by atoms with Crippen molar-refractivity contribution in [2.75, 3.05) is 12.4 Å². The summed E-state index contributed by atoms with van der Waals surface area (Å²) in [4.78, 5) is 11.1. The topological polar surface area (TPSA) is 29.1 Å². The number of carbonyl (C=O) groups excluding carboxylic acids is 1. The van der Waals surface area contributed by atoms with E-state index in [1.165, 1.54) is 6.92 Å². The van der Waals surface area contributed by atoms with Crippen LogP contribution in [0.3, 0.4) is 0 Å². The molecule has 0 amide bonds. The Bertz CT molecular complexity index is 309. The number of Topliss-reactive ketones (excluding diaryl/α,β-unsaturated/α-hetero) is 1. The summed E-state index contributed by atoms with van der Waals surface area (Å²) in [5.74, 6) is 0.0156. The van der Waals surface area contributed by atoms with E-state index in [9.17, 15) is 4.79 Å². The van der Waals surface area contributed by atoms with E-state index < -0.39 is 0 Å². The summed E-state index contributed by atoms with van der Waals surface area (Å²) in [5, 5.41) is 3.51. The molecule has 1 aromatic carbocycles. The van der Waals surface area contributed by atoms with E-state index in [0.29, 0.717) is 10.6 Å². The lowest BCUT2D eigenvalue weighted by Gasteiger charge is -2.05. The normalized spacial score (nSPS) is 9.58. The second-order valence-corrected chi connectivity index (χ2v) is 2.93. The number of nitrogens with one attached hydrogen (secondary N) is 1. The third kappa shape index (κ3) is 1.77. The fourth-order valence-electron chi connectivity index (χ4n) is 1.03. The van der Waals surface area contributed by atoms with Crippen molar-refractivity contribution in [3.63, 3.8) is 0 Å². The van der Waals surface area contributed by atoms with Gasteiger partial charge in [0, 0.05) is 23.3 Å². The summed E-state index contributed by atoms with van der Waals surface area (Å²) in [6.45, 7) is 1.52. The van der Waals surface area contributed by atoms with Crippen molar-refractivity contribution in [3.05, 3.63) is 28.8 Å². The van der Waals surface area contributed by atoms with Crippen molar-refractivity contribution in [1.29, 1.82) is 0 Å². The van der Waals surface area contributed by atoms with Crippen molar-refractivity contribution < 1.29 is 4.79 Å². The first kappa shape index (κ1) is 9.07. The minimum atomic E-state index is 0.0156. The number of hydrogen-bond donors (Lipinski definition) is 1. The van der Waals surface area contributed by atoms with Gasteiger partial charge in [-0.15, -0.1) is 0 Å². The highest BCUT2D eigenvalue weighted by Gasteiger charge is 2.05. The molecule has 0 unspecified atom stereocenters. The van der Waals surface area contributed by atoms with Gasteiger partial charge < -0.3 is 5.32 Å². The predicted molar refractivity (Wildman–Crippen MR) is 51.0 cm³/mol. The van der Waals surface area contributed by atoms with Crippen molar-refractivity contribution >= 4 is 23.1 Å². The van der Waals surface area contributed by atoms with Crippen LogP contribution in [0.5, 0.6) is 0 Å². The van der Waals surface area contributed by atoms with Crippen molar-refractivity contribution in [1.82, 2.24) is 0 Å². The monoisotopic (exact) mass is 183 g/mol. The zero-order valence-electron chi connectivity index (χ0n) is 7.02. The molecule has 0 spiro atoms. The van der Waals surface area contributed by atoms with Crippen LogP contribution >= 0.6 is 11.6 Å². The molecular formula is C9H10ClNO. The second-order valence-electron chi connectivity index (χ2n) is 2.50. The maximum Gasteiger partial charge on any atom is 0.161 e. The zero-order valence-corrected chi connectivity index (χ0v) is 7.77. The Morgan fingerprint density at radius 1 is 1.50 bits per heavy atom. The van der Waals surface area contributed by atoms with Crippen LogP contribution in [0.1, 0.15) is 17.3 Å². The summed E-state index contributed by atoms with van der Waals surface area (Å²) in [7, 11) is 1.77. The number of benzene rings is 1. The summed E-state index contributed by atoms with van der Waals surface area (Å²) < 4.78 is 0. The molecule has 1 N–H and O–H groups in total. The zero-order chi connectivity index (χ0) is 9.14. The fourth-order valence-corrected chi connectivity index (χ4v) is 1.20. The molecule has 0 saturated carbocycles. The minimum Gasteiger partial charge on any atom is -0.388 e. The van der Waals surface area contributed by atoms with Crippen LogP contribution in [-0.2, 0) is 0 Å². The molecule has 12 heavy (non-hydrogen) atoms. The number of carbonyl (C=O) groups is 1. The van der Waals surface area contributed by atoms with E-state index in [0.717, 1.165) is 5.69 Å². The van der Waals surface area contributed by atoms with Crippen LogP contribution in [0.4, 0.5) is 5.69 Å². The molecule has 0 aliphatic heterocycles. The maximum atomic E-state index is 11.1. The molecule has 0 radical (unpaired) electrons. The van der Waals surface area contributed by atoms with Crippen LogP contribution in [-0.4, -0.2) is 12.8 Å². The van der Waals surface area contributed by atoms with Crippen molar-refractivity contribution in [2.24, 2.45) is 0 Å². The van der Waals surface area contributed by atoms with E-state index in [4.69, 9.17) is 11.6 Å². The van der Waals surface area contributed by atoms with E-state index in [1.807, 2.05) is 0 Å². The van der Waals surface area contributed by atoms with Gasteiger partial charge in [0.15, 0.2) is 5.78 Å². The number of hydrogen-bond acceptors (Lipinski definition) is 2. The SMILES string of the molecule is CNc1ccc(Cl)cc1C(C)=O. The van der Waals surface area contributed by atoms with Gasteiger partial charge in [-0.25, -0.2) is 0 Å². The smallest absolute Gasteiger partial charge is 0.161 e. The molecule has 0 fully saturated rings. The minimum absolute atomic E-state index is 0.0156. The van der Waals surface area contributed by atoms with Crippen LogP contribution in [0.15, 0.2) is 18.2 Å². The van der Waals surface area contributed by atoms with Gasteiger partial charge in [0.2, 0.25) is 0 Å². The van der Waals surface area contributed by atoms with Gasteiger partial charge in [-0.3, -0.25) is 4.79 Å². The lowest BCUT2D eigenvalue weighted by molar-refractivity contribution is 0.101. The van der Waals surface area contributed by atoms with E-state index in [2.05, 4.69) is 5.32 Å². The third-order valence-corrected chi connectivity index (χ3v) is 1.87. The van der Waals surface area contributed by atoms with Crippen LogP contribution in [0.25, 0.3) is 0 Å². The molecule has 1 aromatic rings. The molecule has 0 aromatic heterocycles. The highest BCUT2D eigenvalue weighted by molar-refractivity contribution is 6.31. The molecule has 0 atom stereocenters. The van der Waals surface area contributed by atoms with Crippen LogP contribution in [0.2, 0.25) is 5.02 Å². The average Bonchev–Trinajstić information content (AvgIpc) is 2.04. The van der Waals surface area contributed by atoms with Gasteiger partial charge in [-0.2, -0.15) is 0 Å². The average molecular weight is 184 g/mol. The maximum absolute atomic E-state index is 11.1. The summed E-state index contributed by atoms with van der Waals surface area (Å²) >= 11 is 5.74. The number of halogens is 1. The van der Waals surface area contributed by atoms with Gasteiger partial charge in [0.05, 0.1) is 0 Å². The Balaban J connectivity index is 3.21. The summed E-state index contributed by atoms with van der Waals surface area (Å²) in [5.41, 5.74) is 1.44. The highest BCUT2D eigenvalue weighted by Crippen LogP contribution is 2.20. The number of ketones is 1. The van der Waals surface area contributed by atoms with Crippen molar-refractivity contribution in [2.45, 2.75) is 6.92 Å². The number of rotatable bonds is 2. The third-order valence-electron chi connectivity index (χ3n) is 1.63. The first-order valence-electron chi connectivity index (χ1n) is 3.63. The van der Waals surface area contributed by atoms with Crippen molar-refractivity contribution in [3.8, 4) is 0 Å². The molecular weight excluding hydrogens is 174 g/mol. The van der Waals surface area contributed by atoms with Crippen LogP contribution < -0.4 is 5.32 Å². The van der Waals surface area contributed by atoms with E-state index in [1.54, 1.807) is 25.2 Å². The molecule has 3 heteroatoms. The van der Waals surface area contributed by atoms with Gasteiger partial charge >= 0.3 is 0 Å². The molecule has 0 heterocycles. The fraction of sp³-hybridized carbons (Fsp3) is 0.222. The Morgan fingerprint density at radius 2 is 2.17 bits per heavy atom. The molecule has 0 bridgehead atoms.